The van der Waals surface area contributed by atoms with Crippen molar-refractivity contribution in [3.63, 3.8) is 0 Å². The first kappa shape index (κ1) is 13.9. The van der Waals surface area contributed by atoms with Crippen LogP contribution in [0.4, 0.5) is 0 Å². The normalized spacial score (nSPS) is 34.1. The van der Waals surface area contributed by atoms with Gasteiger partial charge in [-0.3, -0.25) is 4.79 Å². The number of carbonyl (C=O) groups excluding carboxylic acids is 1. The molecule has 0 spiro atoms. The van der Waals surface area contributed by atoms with E-state index in [1.165, 1.54) is 12.8 Å². The summed E-state index contributed by atoms with van der Waals surface area (Å²) in [5.74, 6) is 0.472. The first-order valence-electron chi connectivity index (χ1n) is 7.51. The Morgan fingerprint density at radius 1 is 1.33 bits per heavy atom. The van der Waals surface area contributed by atoms with Gasteiger partial charge in [-0.05, 0) is 37.5 Å². The maximum absolute atomic E-state index is 12.5. The minimum atomic E-state index is 0.129. The molecule has 0 aromatic rings. The predicted molar refractivity (Wildman–Crippen MR) is 72.4 cm³/mol. The van der Waals surface area contributed by atoms with Crippen LogP contribution in [-0.2, 0) is 9.53 Å². The molecule has 3 nitrogen and oxygen atoms in total. The zero-order valence-electron chi connectivity index (χ0n) is 11.9. The van der Waals surface area contributed by atoms with Gasteiger partial charge in [0.15, 0.2) is 0 Å². The minimum absolute atomic E-state index is 0.129. The summed E-state index contributed by atoms with van der Waals surface area (Å²) in [6.45, 7) is 8.00. The smallest absolute Gasteiger partial charge is 0.228 e. The fourth-order valence-electron chi connectivity index (χ4n) is 3.11. The molecule has 3 heteroatoms. The predicted octanol–water partition coefficient (Wildman–Crippen LogP) is 2.84. The molecule has 2 aliphatic rings. The number of hydrogen-bond acceptors (Lipinski definition) is 2. The zero-order valence-corrected chi connectivity index (χ0v) is 11.9. The fraction of sp³-hybridized carbons (Fsp3) is 0.933. The van der Waals surface area contributed by atoms with Crippen LogP contribution in [0.3, 0.4) is 0 Å². The van der Waals surface area contributed by atoms with E-state index < -0.39 is 0 Å². The van der Waals surface area contributed by atoms with E-state index in [1.54, 1.807) is 0 Å². The summed E-state index contributed by atoms with van der Waals surface area (Å²) < 4.78 is 5.44. The maximum atomic E-state index is 12.5. The summed E-state index contributed by atoms with van der Waals surface area (Å²) in [6, 6.07) is 0. The Morgan fingerprint density at radius 3 is 2.83 bits per heavy atom. The van der Waals surface area contributed by atoms with Gasteiger partial charge >= 0.3 is 0 Å². The van der Waals surface area contributed by atoms with E-state index in [4.69, 9.17) is 4.74 Å². The van der Waals surface area contributed by atoms with Gasteiger partial charge in [0.25, 0.3) is 0 Å². The molecule has 2 fully saturated rings. The first-order valence-corrected chi connectivity index (χ1v) is 7.51. The molecule has 0 N–H and O–H groups in total. The van der Waals surface area contributed by atoms with Crippen LogP contribution in [0.25, 0.3) is 0 Å². The van der Waals surface area contributed by atoms with Crippen molar-refractivity contribution < 1.29 is 9.53 Å². The summed E-state index contributed by atoms with van der Waals surface area (Å²) >= 11 is 0. The van der Waals surface area contributed by atoms with Crippen molar-refractivity contribution in [1.82, 2.24) is 4.90 Å². The summed E-state index contributed by atoms with van der Waals surface area (Å²) in [7, 11) is 0. The molecule has 0 saturated carbocycles. The van der Waals surface area contributed by atoms with Crippen LogP contribution in [-0.4, -0.2) is 37.1 Å². The third kappa shape index (κ3) is 3.25. The fourth-order valence-corrected chi connectivity index (χ4v) is 3.11. The Kier molecular flexibility index (Phi) is 4.66. The molecule has 2 saturated heterocycles. The lowest BCUT2D eigenvalue weighted by Gasteiger charge is -2.29. The number of amides is 1. The van der Waals surface area contributed by atoms with Crippen LogP contribution < -0.4 is 0 Å². The Hall–Kier alpha value is -0.570. The van der Waals surface area contributed by atoms with E-state index >= 15 is 0 Å². The molecule has 0 aromatic carbocycles. The monoisotopic (exact) mass is 253 g/mol. The summed E-state index contributed by atoms with van der Waals surface area (Å²) in [5.41, 5.74) is 0.443. The van der Waals surface area contributed by atoms with E-state index in [2.05, 4.69) is 18.7 Å². The van der Waals surface area contributed by atoms with Crippen molar-refractivity contribution in [2.24, 2.45) is 11.3 Å². The average molecular weight is 253 g/mol. The Bertz CT molecular complexity index is 286. The number of hydrogen-bond donors (Lipinski definition) is 0. The Labute approximate surface area is 111 Å². The first-order chi connectivity index (χ1) is 8.64. The van der Waals surface area contributed by atoms with Gasteiger partial charge in [-0.25, -0.2) is 0 Å². The highest BCUT2D eigenvalue weighted by Crippen LogP contribution is 2.34. The number of nitrogens with zero attached hydrogens (tertiary/aromatic N) is 1. The van der Waals surface area contributed by atoms with E-state index in [-0.39, 0.29) is 5.92 Å². The van der Waals surface area contributed by atoms with Crippen LogP contribution in [0, 0.1) is 11.3 Å². The Balaban J connectivity index is 1.90. The summed E-state index contributed by atoms with van der Waals surface area (Å²) in [4.78, 5) is 14.5. The van der Waals surface area contributed by atoms with Gasteiger partial charge in [0, 0.05) is 19.7 Å². The molecular formula is C15H27NO2. The lowest BCUT2D eigenvalue weighted by atomic mass is 9.80. The molecule has 0 bridgehead atoms. The van der Waals surface area contributed by atoms with Gasteiger partial charge in [0.1, 0.15) is 0 Å². The van der Waals surface area contributed by atoms with Gasteiger partial charge in [0.05, 0.1) is 12.5 Å². The summed E-state index contributed by atoms with van der Waals surface area (Å²) in [6.07, 6.45) is 6.85. The minimum Gasteiger partial charge on any atom is -0.381 e. The van der Waals surface area contributed by atoms with E-state index in [0.717, 1.165) is 45.4 Å². The van der Waals surface area contributed by atoms with E-state index in [0.29, 0.717) is 17.9 Å². The van der Waals surface area contributed by atoms with Gasteiger partial charge in [-0.1, -0.05) is 20.3 Å². The largest absolute Gasteiger partial charge is 0.381 e. The Morgan fingerprint density at radius 2 is 2.17 bits per heavy atom. The van der Waals surface area contributed by atoms with Crippen LogP contribution in [0.1, 0.15) is 52.4 Å². The quantitative estimate of drug-likeness (QED) is 0.757. The molecule has 0 aliphatic carbocycles. The third-order valence-corrected chi connectivity index (χ3v) is 4.87. The van der Waals surface area contributed by atoms with Crippen LogP contribution in [0.2, 0.25) is 0 Å². The standard InChI is InChI=1S/C15H27NO2/c1-3-15(2)7-5-9-16(10-8-15)14(17)13-6-4-11-18-12-13/h13H,3-12H2,1-2H3/t13-,15+/m0/s1. The SMILES string of the molecule is CC[C@]1(C)CCCN(C(=O)[C@H]2CCCOC2)CC1. The average Bonchev–Trinajstić information content (AvgIpc) is 2.62. The van der Waals surface area contributed by atoms with Crippen LogP contribution in [0.5, 0.6) is 0 Å². The number of carbonyl (C=O) groups is 1. The number of ether oxygens (including phenoxy) is 1. The molecule has 2 heterocycles. The second kappa shape index (κ2) is 6.05. The topological polar surface area (TPSA) is 29.5 Å². The molecular weight excluding hydrogens is 226 g/mol. The van der Waals surface area contributed by atoms with Crippen molar-refractivity contribution in [3.05, 3.63) is 0 Å². The van der Waals surface area contributed by atoms with Crippen molar-refractivity contribution in [2.45, 2.75) is 52.4 Å². The van der Waals surface area contributed by atoms with Crippen molar-refractivity contribution in [3.8, 4) is 0 Å². The molecule has 0 radical (unpaired) electrons. The third-order valence-electron chi connectivity index (χ3n) is 4.87. The second-order valence-corrected chi connectivity index (χ2v) is 6.26. The number of likely N-dealkylation sites (tertiary alicyclic amines) is 1. The summed E-state index contributed by atoms with van der Waals surface area (Å²) in [5, 5.41) is 0. The van der Waals surface area contributed by atoms with Crippen LogP contribution >= 0.6 is 0 Å². The molecule has 2 aliphatic heterocycles. The zero-order chi connectivity index (χ0) is 13.0. The van der Waals surface area contributed by atoms with Crippen molar-refractivity contribution in [1.29, 1.82) is 0 Å². The highest BCUT2D eigenvalue weighted by Gasteiger charge is 2.31. The molecule has 2 atom stereocenters. The molecule has 1 amide bonds. The number of rotatable bonds is 2. The molecule has 0 aromatic heterocycles. The van der Waals surface area contributed by atoms with Crippen LogP contribution in [0.15, 0.2) is 0 Å². The van der Waals surface area contributed by atoms with E-state index in [1.807, 2.05) is 0 Å². The highest BCUT2D eigenvalue weighted by molar-refractivity contribution is 5.79. The van der Waals surface area contributed by atoms with Gasteiger partial charge in [-0.2, -0.15) is 0 Å². The maximum Gasteiger partial charge on any atom is 0.228 e. The van der Waals surface area contributed by atoms with Gasteiger partial charge in [0.2, 0.25) is 5.91 Å². The lowest BCUT2D eigenvalue weighted by molar-refractivity contribution is -0.139. The van der Waals surface area contributed by atoms with Crippen molar-refractivity contribution >= 4 is 5.91 Å². The van der Waals surface area contributed by atoms with Gasteiger partial charge < -0.3 is 9.64 Å². The lowest BCUT2D eigenvalue weighted by Crippen LogP contribution is -2.40. The highest BCUT2D eigenvalue weighted by atomic mass is 16.5. The van der Waals surface area contributed by atoms with Crippen molar-refractivity contribution in [2.75, 3.05) is 26.3 Å². The van der Waals surface area contributed by atoms with E-state index in [9.17, 15) is 4.79 Å². The molecule has 104 valence electrons. The molecule has 18 heavy (non-hydrogen) atoms. The molecule has 2 rings (SSSR count). The second-order valence-electron chi connectivity index (χ2n) is 6.26. The molecule has 0 unspecified atom stereocenters. The van der Waals surface area contributed by atoms with Gasteiger partial charge in [-0.15, -0.1) is 0 Å².